The number of anilines is 1. The molecule has 0 saturated carbocycles. The van der Waals surface area contributed by atoms with Gasteiger partial charge in [0, 0.05) is 17.8 Å². The molecule has 3 aromatic rings. The van der Waals surface area contributed by atoms with E-state index in [1.54, 1.807) is 4.90 Å². The number of urea groups is 1. The third-order valence-corrected chi connectivity index (χ3v) is 4.01. The molecule has 1 aromatic heterocycles. The Labute approximate surface area is 152 Å². The average molecular weight is 350 g/mol. The molecule has 0 fully saturated rings. The van der Waals surface area contributed by atoms with Crippen LogP contribution in [0.1, 0.15) is 23.9 Å². The second-order valence-corrected chi connectivity index (χ2v) is 6.20. The molecular formula is C20H22N4O2. The molecule has 1 heterocycles. The summed E-state index contributed by atoms with van der Waals surface area (Å²) in [5.41, 5.74) is 3.87. The van der Waals surface area contributed by atoms with E-state index in [0.29, 0.717) is 18.3 Å². The zero-order chi connectivity index (χ0) is 18.5. The van der Waals surface area contributed by atoms with E-state index in [0.717, 1.165) is 22.4 Å². The smallest absolute Gasteiger partial charge is 0.322 e. The van der Waals surface area contributed by atoms with Gasteiger partial charge in [-0.25, -0.2) is 4.79 Å². The molecule has 1 N–H and O–H groups in total. The second-order valence-electron chi connectivity index (χ2n) is 6.20. The first kappa shape index (κ1) is 17.7. The first-order valence-electron chi connectivity index (χ1n) is 8.57. The van der Waals surface area contributed by atoms with Crippen molar-refractivity contribution in [2.24, 2.45) is 0 Å². The predicted molar refractivity (Wildman–Crippen MR) is 101 cm³/mol. The molecule has 0 radical (unpaired) electrons. The van der Waals surface area contributed by atoms with Crippen LogP contribution in [0.15, 0.2) is 53.1 Å². The lowest BCUT2D eigenvalue weighted by Gasteiger charge is -2.19. The van der Waals surface area contributed by atoms with Gasteiger partial charge in [0.1, 0.15) is 6.54 Å². The fraction of sp³-hybridized carbons (Fsp3) is 0.250. The van der Waals surface area contributed by atoms with Crippen molar-refractivity contribution in [3.05, 3.63) is 65.5 Å². The summed E-state index contributed by atoms with van der Waals surface area (Å²) >= 11 is 0. The molecule has 2 aromatic carbocycles. The van der Waals surface area contributed by atoms with Gasteiger partial charge in [0.05, 0.1) is 0 Å². The Morgan fingerprint density at radius 2 is 1.85 bits per heavy atom. The molecule has 0 aliphatic carbocycles. The van der Waals surface area contributed by atoms with Crippen molar-refractivity contribution in [1.29, 1.82) is 0 Å². The van der Waals surface area contributed by atoms with Crippen LogP contribution in [-0.2, 0) is 6.54 Å². The van der Waals surface area contributed by atoms with Crippen LogP contribution in [0.4, 0.5) is 10.5 Å². The predicted octanol–water partition coefficient (Wildman–Crippen LogP) is 4.41. The molecule has 2 amide bonds. The summed E-state index contributed by atoms with van der Waals surface area (Å²) in [6.45, 7) is 6.69. The Bertz CT molecular complexity index is 904. The van der Waals surface area contributed by atoms with E-state index in [9.17, 15) is 4.79 Å². The molecule has 0 bridgehead atoms. The summed E-state index contributed by atoms with van der Waals surface area (Å²) in [7, 11) is 0. The Morgan fingerprint density at radius 3 is 2.54 bits per heavy atom. The minimum Gasteiger partial charge on any atom is -0.337 e. The molecule has 0 aliphatic rings. The number of hydrogen-bond donors (Lipinski definition) is 1. The van der Waals surface area contributed by atoms with Crippen molar-refractivity contribution < 1.29 is 9.32 Å². The topological polar surface area (TPSA) is 71.3 Å². The minimum absolute atomic E-state index is 0.201. The summed E-state index contributed by atoms with van der Waals surface area (Å²) in [6, 6.07) is 15.4. The van der Waals surface area contributed by atoms with Gasteiger partial charge < -0.3 is 14.7 Å². The lowest BCUT2D eigenvalue weighted by atomic mass is 10.1. The number of nitrogens with zero attached hydrogens (tertiary/aromatic N) is 3. The van der Waals surface area contributed by atoms with Gasteiger partial charge in [-0.2, -0.15) is 4.98 Å². The number of aryl methyl sites for hydroxylation is 2. The highest BCUT2D eigenvalue weighted by Crippen LogP contribution is 2.18. The van der Waals surface area contributed by atoms with Gasteiger partial charge in [-0.3, -0.25) is 0 Å². The molecule has 0 unspecified atom stereocenters. The Hall–Kier alpha value is -3.15. The SMILES string of the molecule is CCN(Cc1nc(-c2cccc(C)c2)no1)C(=O)Nc1cccc(C)c1. The molecule has 3 rings (SSSR count). The zero-order valence-electron chi connectivity index (χ0n) is 15.2. The van der Waals surface area contributed by atoms with Crippen molar-refractivity contribution in [3.63, 3.8) is 0 Å². The van der Waals surface area contributed by atoms with Crippen LogP contribution in [0, 0.1) is 13.8 Å². The summed E-state index contributed by atoms with van der Waals surface area (Å²) in [6.07, 6.45) is 0. The fourth-order valence-corrected chi connectivity index (χ4v) is 2.64. The Balaban J connectivity index is 1.69. The molecule has 0 aliphatic heterocycles. The lowest BCUT2D eigenvalue weighted by Crippen LogP contribution is -2.34. The van der Waals surface area contributed by atoms with E-state index in [4.69, 9.17) is 4.52 Å². The summed E-state index contributed by atoms with van der Waals surface area (Å²) < 4.78 is 5.33. The van der Waals surface area contributed by atoms with Crippen LogP contribution < -0.4 is 5.32 Å². The van der Waals surface area contributed by atoms with E-state index in [1.165, 1.54) is 0 Å². The molecule has 0 saturated heterocycles. The van der Waals surface area contributed by atoms with E-state index in [2.05, 4.69) is 15.5 Å². The average Bonchev–Trinajstić information content (AvgIpc) is 3.08. The summed E-state index contributed by atoms with van der Waals surface area (Å²) in [5, 5.41) is 6.92. The van der Waals surface area contributed by atoms with Crippen molar-refractivity contribution in [2.75, 3.05) is 11.9 Å². The van der Waals surface area contributed by atoms with Gasteiger partial charge in [0.15, 0.2) is 0 Å². The zero-order valence-corrected chi connectivity index (χ0v) is 15.2. The molecule has 0 atom stereocenters. The highest BCUT2D eigenvalue weighted by molar-refractivity contribution is 5.89. The normalized spacial score (nSPS) is 10.6. The van der Waals surface area contributed by atoms with E-state index in [-0.39, 0.29) is 12.6 Å². The quantitative estimate of drug-likeness (QED) is 0.740. The number of nitrogens with one attached hydrogen (secondary N) is 1. The number of amides is 2. The van der Waals surface area contributed by atoms with E-state index >= 15 is 0 Å². The van der Waals surface area contributed by atoms with Crippen molar-refractivity contribution in [3.8, 4) is 11.4 Å². The first-order valence-corrected chi connectivity index (χ1v) is 8.57. The van der Waals surface area contributed by atoms with Crippen LogP contribution in [0.2, 0.25) is 0 Å². The molecule has 6 heteroatoms. The van der Waals surface area contributed by atoms with Crippen molar-refractivity contribution in [2.45, 2.75) is 27.3 Å². The maximum absolute atomic E-state index is 12.5. The second kappa shape index (κ2) is 7.82. The standard InChI is InChI=1S/C20H22N4O2/c1-4-24(20(25)21-17-10-6-8-15(3)12-17)13-18-22-19(23-26-18)16-9-5-7-14(2)11-16/h5-12H,4,13H2,1-3H3,(H,21,25). The highest BCUT2D eigenvalue weighted by Gasteiger charge is 2.17. The maximum Gasteiger partial charge on any atom is 0.322 e. The third kappa shape index (κ3) is 4.27. The number of aromatic nitrogens is 2. The van der Waals surface area contributed by atoms with Gasteiger partial charge in [-0.1, -0.05) is 41.1 Å². The van der Waals surface area contributed by atoms with Gasteiger partial charge >= 0.3 is 6.03 Å². The van der Waals surface area contributed by atoms with Crippen LogP contribution in [0.25, 0.3) is 11.4 Å². The van der Waals surface area contributed by atoms with E-state index in [1.807, 2.05) is 69.3 Å². The van der Waals surface area contributed by atoms with Gasteiger partial charge in [0.25, 0.3) is 0 Å². The summed E-state index contributed by atoms with van der Waals surface area (Å²) in [4.78, 5) is 18.5. The molecule has 26 heavy (non-hydrogen) atoms. The lowest BCUT2D eigenvalue weighted by molar-refractivity contribution is 0.203. The van der Waals surface area contributed by atoms with Crippen LogP contribution in [-0.4, -0.2) is 27.6 Å². The van der Waals surface area contributed by atoms with Crippen molar-refractivity contribution >= 4 is 11.7 Å². The van der Waals surface area contributed by atoms with Gasteiger partial charge in [0.2, 0.25) is 11.7 Å². The summed E-state index contributed by atoms with van der Waals surface area (Å²) in [5.74, 6) is 0.932. The van der Waals surface area contributed by atoms with Crippen molar-refractivity contribution in [1.82, 2.24) is 15.0 Å². The molecular weight excluding hydrogens is 328 g/mol. The number of carbonyl (C=O) groups excluding carboxylic acids is 1. The maximum atomic E-state index is 12.5. The largest absolute Gasteiger partial charge is 0.337 e. The van der Waals surface area contributed by atoms with Crippen LogP contribution >= 0.6 is 0 Å². The van der Waals surface area contributed by atoms with E-state index < -0.39 is 0 Å². The monoisotopic (exact) mass is 350 g/mol. The number of rotatable bonds is 5. The Kier molecular flexibility index (Phi) is 5.31. The minimum atomic E-state index is -0.201. The highest BCUT2D eigenvalue weighted by atomic mass is 16.5. The number of hydrogen-bond acceptors (Lipinski definition) is 4. The molecule has 6 nitrogen and oxygen atoms in total. The Morgan fingerprint density at radius 1 is 1.12 bits per heavy atom. The van der Waals surface area contributed by atoms with Gasteiger partial charge in [-0.05, 0) is 44.5 Å². The first-order chi connectivity index (χ1) is 12.5. The number of carbonyl (C=O) groups is 1. The number of benzene rings is 2. The van der Waals surface area contributed by atoms with Crippen LogP contribution in [0.5, 0.6) is 0 Å². The third-order valence-electron chi connectivity index (χ3n) is 4.01. The molecule has 0 spiro atoms. The van der Waals surface area contributed by atoms with Crippen LogP contribution in [0.3, 0.4) is 0 Å². The molecule has 134 valence electrons. The van der Waals surface area contributed by atoms with Gasteiger partial charge in [-0.15, -0.1) is 0 Å². The fourth-order valence-electron chi connectivity index (χ4n) is 2.64.